The first-order valence-electron chi connectivity index (χ1n) is 8.61. The van der Waals surface area contributed by atoms with E-state index in [1.54, 1.807) is 0 Å². The van der Waals surface area contributed by atoms with E-state index in [0.29, 0.717) is 39.1 Å². The highest BCUT2D eigenvalue weighted by molar-refractivity contribution is 7.87. The minimum Gasteiger partial charge on any atom is -0.338 e. The summed E-state index contributed by atoms with van der Waals surface area (Å²) in [5, 5.41) is 0. The molecule has 1 unspecified atom stereocenters. The van der Waals surface area contributed by atoms with Crippen LogP contribution in [0.25, 0.3) is 0 Å². The molecule has 0 aliphatic carbocycles. The van der Waals surface area contributed by atoms with Crippen molar-refractivity contribution in [2.45, 2.75) is 32.2 Å². The number of hydrogen-bond acceptors (Lipinski definition) is 3. The van der Waals surface area contributed by atoms with E-state index in [2.05, 4.69) is 4.72 Å². The van der Waals surface area contributed by atoms with E-state index in [1.165, 1.54) is 4.31 Å². The van der Waals surface area contributed by atoms with Gasteiger partial charge >= 0.3 is 0 Å². The second-order valence-corrected chi connectivity index (χ2v) is 8.40. The van der Waals surface area contributed by atoms with Gasteiger partial charge in [-0.25, -0.2) is 4.72 Å². The summed E-state index contributed by atoms with van der Waals surface area (Å²) in [5.74, 6) is 0.141. The first-order valence-corrected chi connectivity index (χ1v) is 10.0. The van der Waals surface area contributed by atoms with E-state index < -0.39 is 10.2 Å². The SMILES string of the molecule is O=C1CC(CNS(=O)(=O)N2CCCCC2)CN1Cc1ccccc1. The summed E-state index contributed by atoms with van der Waals surface area (Å²) in [6, 6.07) is 9.87. The van der Waals surface area contributed by atoms with Crippen molar-refractivity contribution in [1.29, 1.82) is 0 Å². The zero-order valence-electron chi connectivity index (χ0n) is 13.9. The molecule has 24 heavy (non-hydrogen) atoms. The van der Waals surface area contributed by atoms with Gasteiger partial charge < -0.3 is 4.90 Å². The second-order valence-electron chi connectivity index (χ2n) is 6.64. The topological polar surface area (TPSA) is 69.7 Å². The predicted molar refractivity (Wildman–Crippen MR) is 92.3 cm³/mol. The Morgan fingerprint density at radius 2 is 1.79 bits per heavy atom. The lowest BCUT2D eigenvalue weighted by Crippen LogP contribution is -2.45. The number of amides is 1. The summed E-state index contributed by atoms with van der Waals surface area (Å²) >= 11 is 0. The Morgan fingerprint density at radius 3 is 2.50 bits per heavy atom. The maximum atomic E-state index is 12.3. The van der Waals surface area contributed by atoms with Gasteiger partial charge in [-0.1, -0.05) is 36.8 Å². The molecule has 132 valence electrons. The highest BCUT2D eigenvalue weighted by Crippen LogP contribution is 2.20. The quantitative estimate of drug-likeness (QED) is 0.841. The molecule has 1 atom stereocenters. The standard InChI is InChI=1S/C17H25N3O3S/c21-17-11-16(14-19(17)13-15-7-3-1-4-8-15)12-18-24(22,23)20-9-5-2-6-10-20/h1,3-4,7-8,16,18H,2,5-6,9-14H2. The lowest BCUT2D eigenvalue weighted by atomic mass is 10.1. The maximum Gasteiger partial charge on any atom is 0.279 e. The number of likely N-dealkylation sites (tertiary alicyclic amines) is 1. The van der Waals surface area contributed by atoms with Crippen LogP contribution in [-0.2, 0) is 21.5 Å². The number of nitrogens with zero attached hydrogens (tertiary/aromatic N) is 2. The van der Waals surface area contributed by atoms with Gasteiger partial charge in [0, 0.05) is 39.1 Å². The summed E-state index contributed by atoms with van der Waals surface area (Å²) in [5.41, 5.74) is 1.10. The normalized spacial score (nSPS) is 22.9. The highest BCUT2D eigenvalue weighted by atomic mass is 32.2. The van der Waals surface area contributed by atoms with E-state index in [9.17, 15) is 13.2 Å². The number of rotatable bonds is 6. The van der Waals surface area contributed by atoms with Crippen LogP contribution in [0.2, 0.25) is 0 Å². The van der Waals surface area contributed by atoms with E-state index >= 15 is 0 Å². The molecule has 2 fully saturated rings. The molecule has 1 aromatic carbocycles. The second kappa shape index (κ2) is 7.63. The molecular formula is C17H25N3O3S. The van der Waals surface area contributed by atoms with E-state index in [-0.39, 0.29) is 11.8 Å². The van der Waals surface area contributed by atoms with E-state index in [1.807, 2.05) is 35.2 Å². The van der Waals surface area contributed by atoms with Gasteiger partial charge in [0.1, 0.15) is 0 Å². The van der Waals surface area contributed by atoms with Crippen molar-refractivity contribution < 1.29 is 13.2 Å². The molecule has 2 heterocycles. The summed E-state index contributed by atoms with van der Waals surface area (Å²) < 4.78 is 28.8. The van der Waals surface area contributed by atoms with Gasteiger partial charge in [0.2, 0.25) is 5.91 Å². The van der Waals surface area contributed by atoms with Gasteiger partial charge in [0.25, 0.3) is 10.2 Å². The molecule has 2 aliphatic rings. The smallest absolute Gasteiger partial charge is 0.279 e. The number of hydrogen-bond donors (Lipinski definition) is 1. The molecule has 0 aromatic heterocycles. The lowest BCUT2D eigenvalue weighted by molar-refractivity contribution is -0.128. The molecular weight excluding hydrogens is 326 g/mol. The third-order valence-corrected chi connectivity index (χ3v) is 6.30. The molecule has 1 amide bonds. The molecule has 1 aromatic rings. The molecule has 2 saturated heterocycles. The number of carbonyl (C=O) groups is 1. The summed E-state index contributed by atoms with van der Waals surface area (Å²) in [7, 11) is -3.41. The number of piperidine rings is 1. The fraction of sp³-hybridized carbons (Fsp3) is 0.588. The molecule has 3 rings (SSSR count). The van der Waals surface area contributed by atoms with Crippen LogP contribution in [0.5, 0.6) is 0 Å². The van der Waals surface area contributed by atoms with Crippen LogP contribution in [-0.4, -0.2) is 49.7 Å². The summed E-state index contributed by atoms with van der Waals surface area (Å²) in [6.07, 6.45) is 3.36. The Balaban J connectivity index is 1.51. The van der Waals surface area contributed by atoms with Gasteiger partial charge in [-0.2, -0.15) is 12.7 Å². The third-order valence-electron chi connectivity index (χ3n) is 4.72. The number of carbonyl (C=O) groups excluding carboxylic acids is 1. The minimum atomic E-state index is -3.41. The Morgan fingerprint density at radius 1 is 1.08 bits per heavy atom. The van der Waals surface area contributed by atoms with Crippen LogP contribution in [0.1, 0.15) is 31.2 Å². The summed E-state index contributed by atoms with van der Waals surface area (Å²) in [4.78, 5) is 14.0. The van der Waals surface area contributed by atoms with Crippen molar-refractivity contribution in [2.24, 2.45) is 5.92 Å². The first kappa shape index (κ1) is 17.4. The van der Waals surface area contributed by atoms with Crippen LogP contribution in [0, 0.1) is 5.92 Å². The Labute approximate surface area is 144 Å². The maximum absolute atomic E-state index is 12.3. The van der Waals surface area contributed by atoms with Crippen LogP contribution >= 0.6 is 0 Å². The van der Waals surface area contributed by atoms with Gasteiger partial charge in [-0.15, -0.1) is 0 Å². The molecule has 0 radical (unpaired) electrons. The number of nitrogens with one attached hydrogen (secondary N) is 1. The molecule has 2 aliphatic heterocycles. The molecule has 0 saturated carbocycles. The molecule has 0 spiro atoms. The monoisotopic (exact) mass is 351 g/mol. The van der Waals surface area contributed by atoms with Crippen molar-refractivity contribution >= 4 is 16.1 Å². The van der Waals surface area contributed by atoms with Gasteiger partial charge in [-0.3, -0.25) is 4.79 Å². The molecule has 7 heteroatoms. The van der Waals surface area contributed by atoms with Crippen LogP contribution in [0.3, 0.4) is 0 Å². The van der Waals surface area contributed by atoms with Crippen LogP contribution < -0.4 is 4.72 Å². The minimum absolute atomic E-state index is 0.0424. The molecule has 1 N–H and O–H groups in total. The van der Waals surface area contributed by atoms with Crippen molar-refractivity contribution in [3.05, 3.63) is 35.9 Å². The lowest BCUT2D eigenvalue weighted by Gasteiger charge is -2.26. The Bertz CT molecular complexity index is 657. The fourth-order valence-electron chi connectivity index (χ4n) is 3.37. The zero-order chi connectivity index (χ0) is 17.0. The van der Waals surface area contributed by atoms with Crippen molar-refractivity contribution in [1.82, 2.24) is 13.9 Å². The van der Waals surface area contributed by atoms with Crippen LogP contribution in [0.4, 0.5) is 0 Å². The average Bonchev–Trinajstić information content (AvgIpc) is 2.95. The molecule has 6 nitrogen and oxygen atoms in total. The predicted octanol–water partition coefficient (Wildman–Crippen LogP) is 1.36. The van der Waals surface area contributed by atoms with E-state index in [0.717, 1.165) is 24.8 Å². The highest BCUT2D eigenvalue weighted by Gasteiger charge is 2.31. The average molecular weight is 351 g/mol. The number of benzene rings is 1. The van der Waals surface area contributed by atoms with Gasteiger partial charge in [-0.05, 0) is 24.3 Å². The van der Waals surface area contributed by atoms with Crippen molar-refractivity contribution in [3.8, 4) is 0 Å². The zero-order valence-corrected chi connectivity index (χ0v) is 14.7. The Kier molecular flexibility index (Phi) is 5.53. The molecule has 0 bridgehead atoms. The summed E-state index contributed by atoms with van der Waals surface area (Å²) in [6.45, 7) is 2.72. The van der Waals surface area contributed by atoms with Gasteiger partial charge in [0.15, 0.2) is 0 Å². The fourth-order valence-corrected chi connectivity index (χ4v) is 4.73. The Hall–Kier alpha value is -1.44. The van der Waals surface area contributed by atoms with Crippen molar-refractivity contribution in [2.75, 3.05) is 26.2 Å². The van der Waals surface area contributed by atoms with Gasteiger partial charge in [0.05, 0.1) is 0 Å². The van der Waals surface area contributed by atoms with Crippen molar-refractivity contribution in [3.63, 3.8) is 0 Å². The largest absolute Gasteiger partial charge is 0.338 e. The first-order chi connectivity index (χ1) is 11.5. The van der Waals surface area contributed by atoms with Crippen LogP contribution in [0.15, 0.2) is 30.3 Å². The third kappa shape index (κ3) is 4.34. The van der Waals surface area contributed by atoms with E-state index in [4.69, 9.17) is 0 Å².